The Hall–Kier alpha value is -3.75. The van der Waals surface area contributed by atoms with E-state index >= 15 is 0 Å². The second kappa shape index (κ2) is 8.55. The van der Waals surface area contributed by atoms with Gasteiger partial charge >= 0.3 is 5.91 Å². The van der Waals surface area contributed by atoms with Gasteiger partial charge in [0.05, 0.1) is 28.9 Å². The molecule has 1 aliphatic rings. The van der Waals surface area contributed by atoms with E-state index in [-0.39, 0.29) is 16.5 Å². The standard InChI is InChI=1S/C25H16ClFN2O4S/c1-33-17-9-4-14(5-10-17)22(30)20-21(13-2-6-15(26)7-3-13)29(24(32)23(20)31)25-28-18-11-8-16(27)12-19(18)34-25/h2-12,21,30H,1H3/t21-/m1/s1. The molecule has 1 N–H and O–H groups in total. The number of anilines is 1. The molecule has 0 radical (unpaired) electrons. The van der Waals surface area contributed by atoms with E-state index in [9.17, 15) is 19.1 Å². The first-order valence-electron chi connectivity index (χ1n) is 10.1. The minimum absolute atomic E-state index is 0.0806. The maximum Gasteiger partial charge on any atom is 0.301 e. The number of hydrogen-bond acceptors (Lipinski definition) is 6. The largest absolute Gasteiger partial charge is 0.507 e. The molecule has 1 amide bonds. The number of aromatic nitrogens is 1. The molecule has 0 bridgehead atoms. The van der Waals surface area contributed by atoms with Gasteiger partial charge < -0.3 is 9.84 Å². The number of Topliss-reactive ketones (excluding diaryl/α,β-unsaturated/α-hetero) is 1. The summed E-state index contributed by atoms with van der Waals surface area (Å²) in [4.78, 5) is 32.1. The van der Waals surface area contributed by atoms with E-state index in [4.69, 9.17) is 16.3 Å². The number of ether oxygens (including phenoxy) is 1. The summed E-state index contributed by atoms with van der Waals surface area (Å²) in [5.74, 6) is -1.87. The molecule has 0 unspecified atom stereocenters. The van der Waals surface area contributed by atoms with Crippen LogP contribution in [0.25, 0.3) is 16.0 Å². The molecule has 0 saturated carbocycles. The van der Waals surface area contributed by atoms with Crippen LogP contribution in [-0.4, -0.2) is 28.9 Å². The normalized spacial score (nSPS) is 17.5. The van der Waals surface area contributed by atoms with Crippen LogP contribution in [0.1, 0.15) is 17.2 Å². The van der Waals surface area contributed by atoms with Crippen LogP contribution in [0.5, 0.6) is 5.75 Å². The summed E-state index contributed by atoms with van der Waals surface area (Å²) in [6.07, 6.45) is 0. The molecule has 1 fully saturated rings. The number of rotatable bonds is 4. The number of thiazole rings is 1. The SMILES string of the molecule is COc1ccc(C(O)=C2C(=O)C(=O)N(c3nc4ccc(F)cc4s3)[C@@H]2c2ccc(Cl)cc2)cc1. The van der Waals surface area contributed by atoms with Crippen molar-refractivity contribution >= 4 is 55.7 Å². The lowest BCUT2D eigenvalue weighted by atomic mass is 9.95. The second-order valence-corrected chi connectivity index (χ2v) is 9.00. The molecule has 170 valence electrons. The Morgan fingerprint density at radius 3 is 2.47 bits per heavy atom. The van der Waals surface area contributed by atoms with Crippen LogP contribution in [0, 0.1) is 5.82 Å². The van der Waals surface area contributed by atoms with Gasteiger partial charge in [-0.1, -0.05) is 35.1 Å². The smallest absolute Gasteiger partial charge is 0.301 e. The first-order chi connectivity index (χ1) is 16.4. The van der Waals surface area contributed by atoms with E-state index in [0.717, 1.165) is 11.3 Å². The molecule has 34 heavy (non-hydrogen) atoms. The number of amides is 1. The zero-order chi connectivity index (χ0) is 24.0. The van der Waals surface area contributed by atoms with Gasteiger partial charge in [-0.25, -0.2) is 9.37 Å². The minimum atomic E-state index is -0.954. The average Bonchev–Trinajstić information content (AvgIpc) is 3.37. The number of nitrogens with zero attached hydrogens (tertiary/aromatic N) is 2. The Bertz CT molecular complexity index is 1460. The Kier molecular flexibility index (Phi) is 5.55. The topological polar surface area (TPSA) is 79.7 Å². The van der Waals surface area contributed by atoms with E-state index in [2.05, 4.69) is 4.98 Å². The Morgan fingerprint density at radius 2 is 1.79 bits per heavy atom. The highest BCUT2D eigenvalue weighted by Crippen LogP contribution is 2.44. The monoisotopic (exact) mass is 494 g/mol. The fraction of sp³-hybridized carbons (Fsp3) is 0.0800. The lowest BCUT2D eigenvalue weighted by Crippen LogP contribution is -2.29. The van der Waals surface area contributed by atoms with Gasteiger partial charge in [0, 0.05) is 10.6 Å². The fourth-order valence-electron chi connectivity index (χ4n) is 3.88. The molecule has 9 heteroatoms. The van der Waals surface area contributed by atoms with Gasteiger partial charge in [-0.3, -0.25) is 14.5 Å². The predicted molar refractivity (Wildman–Crippen MR) is 129 cm³/mol. The number of carbonyl (C=O) groups is 2. The van der Waals surface area contributed by atoms with Gasteiger partial charge in [-0.05, 0) is 60.2 Å². The third-order valence-electron chi connectivity index (χ3n) is 5.54. The van der Waals surface area contributed by atoms with Gasteiger partial charge in [0.2, 0.25) is 0 Å². The number of ketones is 1. The zero-order valence-electron chi connectivity index (χ0n) is 17.7. The van der Waals surface area contributed by atoms with Crippen molar-refractivity contribution in [1.82, 2.24) is 4.98 Å². The maximum atomic E-state index is 13.7. The summed E-state index contributed by atoms with van der Waals surface area (Å²) in [7, 11) is 1.52. The van der Waals surface area contributed by atoms with Crippen molar-refractivity contribution in [2.45, 2.75) is 6.04 Å². The summed E-state index contributed by atoms with van der Waals surface area (Å²) in [6, 6.07) is 16.3. The third-order valence-corrected chi connectivity index (χ3v) is 6.81. The molecular formula is C25H16ClFN2O4S. The molecule has 1 aliphatic heterocycles. The third kappa shape index (κ3) is 3.70. The number of aliphatic hydroxyl groups excluding tert-OH is 1. The minimum Gasteiger partial charge on any atom is -0.507 e. The first kappa shape index (κ1) is 22.1. The van der Waals surface area contributed by atoms with Crippen LogP contribution in [0.2, 0.25) is 5.02 Å². The van der Waals surface area contributed by atoms with Crippen LogP contribution in [0.4, 0.5) is 9.52 Å². The number of methoxy groups -OCH3 is 1. The molecule has 5 rings (SSSR count). The summed E-state index contributed by atoms with van der Waals surface area (Å²) in [5.41, 5.74) is 1.32. The van der Waals surface area contributed by atoms with E-state index in [0.29, 0.717) is 32.1 Å². The van der Waals surface area contributed by atoms with Gasteiger partial charge in [-0.15, -0.1) is 0 Å². The molecule has 2 heterocycles. The van der Waals surface area contributed by atoms with Crippen molar-refractivity contribution in [3.05, 3.63) is 94.3 Å². The second-order valence-electron chi connectivity index (χ2n) is 7.56. The van der Waals surface area contributed by atoms with E-state index < -0.39 is 23.5 Å². The Labute approximate surface area is 202 Å². The number of benzene rings is 3. The van der Waals surface area contributed by atoms with E-state index in [1.165, 1.54) is 30.2 Å². The highest BCUT2D eigenvalue weighted by Gasteiger charge is 2.48. The highest BCUT2D eigenvalue weighted by molar-refractivity contribution is 7.22. The number of halogens is 2. The first-order valence-corrected chi connectivity index (χ1v) is 11.3. The van der Waals surface area contributed by atoms with Crippen LogP contribution in [0.15, 0.2) is 72.3 Å². The lowest BCUT2D eigenvalue weighted by Gasteiger charge is -2.23. The number of aliphatic hydroxyl groups is 1. The fourth-order valence-corrected chi connectivity index (χ4v) is 5.03. The predicted octanol–water partition coefficient (Wildman–Crippen LogP) is 5.72. The van der Waals surface area contributed by atoms with Gasteiger partial charge in [0.25, 0.3) is 5.78 Å². The van der Waals surface area contributed by atoms with Crippen LogP contribution >= 0.6 is 22.9 Å². The number of carbonyl (C=O) groups excluding carboxylic acids is 2. The molecule has 4 aromatic rings. The molecular weight excluding hydrogens is 479 g/mol. The lowest BCUT2D eigenvalue weighted by molar-refractivity contribution is -0.132. The summed E-state index contributed by atoms with van der Waals surface area (Å²) in [5, 5.41) is 11.8. The van der Waals surface area contributed by atoms with Crippen LogP contribution in [0.3, 0.4) is 0 Å². The van der Waals surface area contributed by atoms with Crippen molar-refractivity contribution in [3.8, 4) is 5.75 Å². The van der Waals surface area contributed by atoms with Crippen molar-refractivity contribution < 1.29 is 23.8 Å². The molecule has 0 aliphatic carbocycles. The molecule has 3 aromatic carbocycles. The number of fused-ring (bicyclic) bond motifs is 1. The van der Waals surface area contributed by atoms with E-state index in [1.54, 1.807) is 48.5 Å². The summed E-state index contributed by atoms with van der Waals surface area (Å²) >= 11 is 7.14. The maximum absolute atomic E-state index is 13.7. The number of hydrogen-bond donors (Lipinski definition) is 1. The van der Waals surface area contributed by atoms with Gasteiger partial charge in [0.15, 0.2) is 5.13 Å². The Morgan fingerprint density at radius 1 is 1.09 bits per heavy atom. The highest BCUT2D eigenvalue weighted by atomic mass is 35.5. The van der Waals surface area contributed by atoms with Gasteiger partial charge in [-0.2, -0.15) is 0 Å². The molecule has 6 nitrogen and oxygen atoms in total. The molecule has 1 saturated heterocycles. The van der Waals surface area contributed by atoms with Crippen LogP contribution in [-0.2, 0) is 9.59 Å². The molecule has 1 atom stereocenters. The quantitative estimate of drug-likeness (QED) is 0.223. The van der Waals surface area contributed by atoms with Crippen LogP contribution < -0.4 is 9.64 Å². The van der Waals surface area contributed by atoms with Gasteiger partial charge in [0.1, 0.15) is 17.3 Å². The zero-order valence-corrected chi connectivity index (χ0v) is 19.2. The van der Waals surface area contributed by atoms with Crippen molar-refractivity contribution in [3.63, 3.8) is 0 Å². The summed E-state index contributed by atoms with van der Waals surface area (Å²) in [6.45, 7) is 0. The molecule has 1 aromatic heterocycles. The summed E-state index contributed by atoms with van der Waals surface area (Å²) < 4.78 is 19.4. The van der Waals surface area contributed by atoms with Crippen molar-refractivity contribution in [1.29, 1.82) is 0 Å². The Balaban J connectivity index is 1.71. The van der Waals surface area contributed by atoms with Crippen molar-refractivity contribution in [2.75, 3.05) is 12.0 Å². The molecule has 0 spiro atoms. The van der Waals surface area contributed by atoms with Crippen molar-refractivity contribution in [2.24, 2.45) is 0 Å². The average molecular weight is 495 g/mol. The van der Waals surface area contributed by atoms with E-state index in [1.807, 2.05) is 0 Å².